The van der Waals surface area contributed by atoms with E-state index in [2.05, 4.69) is 46.4 Å². The van der Waals surface area contributed by atoms with Crippen molar-refractivity contribution in [2.75, 3.05) is 5.32 Å². The molecule has 0 aliphatic rings. The summed E-state index contributed by atoms with van der Waals surface area (Å²) >= 11 is 9.37. The number of rotatable bonds is 3. The number of halogens is 2. The summed E-state index contributed by atoms with van der Waals surface area (Å²) in [6.07, 6.45) is 0. The van der Waals surface area contributed by atoms with E-state index in [0.717, 1.165) is 10.2 Å². The number of hydrogen-bond acceptors (Lipinski definition) is 2. The van der Waals surface area contributed by atoms with Crippen molar-refractivity contribution in [2.45, 2.75) is 13.0 Å². The Bertz CT molecular complexity index is 634. The average Bonchev–Trinajstić information content (AvgIpc) is 2.41. The van der Waals surface area contributed by atoms with Gasteiger partial charge in [0.2, 0.25) is 0 Å². The Labute approximate surface area is 126 Å². The van der Waals surface area contributed by atoms with Crippen molar-refractivity contribution >= 4 is 33.2 Å². The van der Waals surface area contributed by atoms with Crippen molar-refractivity contribution in [2.24, 2.45) is 0 Å². The Kier molecular flexibility index (Phi) is 4.47. The number of anilines is 1. The van der Waals surface area contributed by atoms with Crippen molar-refractivity contribution in [3.63, 3.8) is 0 Å². The summed E-state index contributed by atoms with van der Waals surface area (Å²) in [5.74, 6) is 0. The molecular formula is C15H12BrClN2. The highest BCUT2D eigenvalue weighted by molar-refractivity contribution is 9.10. The molecule has 96 valence electrons. The molecule has 2 aromatic carbocycles. The van der Waals surface area contributed by atoms with Gasteiger partial charge in [0.25, 0.3) is 0 Å². The molecule has 0 spiro atoms. The van der Waals surface area contributed by atoms with Crippen LogP contribution in [0.3, 0.4) is 0 Å². The molecule has 1 N–H and O–H groups in total. The fraction of sp³-hybridized carbons (Fsp3) is 0.133. The molecule has 2 nitrogen and oxygen atoms in total. The van der Waals surface area contributed by atoms with Crippen molar-refractivity contribution in [1.82, 2.24) is 0 Å². The van der Waals surface area contributed by atoms with Crippen LogP contribution in [0, 0.1) is 11.3 Å². The second-order valence-electron chi connectivity index (χ2n) is 4.23. The van der Waals surface area contributed by atoms with Gasteiger partial charge in [0.15, 0.2) is 0 Å². The van der Waals surface area contributed by atoms with Crippen molar-refractivity contribution in [3.8, 4) is 6.07 Å². The minimum Gasteiger partial charge on any atom is -0.378 e. The third-order valence-electron chi connectivity index (χ3n) is 2.82. The van der Waals surface area contributed by atoms with Gasteiger partial charge in [-0.1, -0.05) is 39.7 Å². The molecule has 0 bridgehead atoms. The monoisotopic (exact) mass is 334 g/mol. The summed E-state index contributed by atoms with van der Waals surface area (Å²) in [6, 6.07) is 15.7. The molecule has 19 heavy (non-hydrogen) atoms. The van der Waals surface area contributed by atoms with Gasteiger partial charge in [0.1, 0.15) is 6.07 Å². The van der Waals surface area contributed by atoms with Crippen LogP contribution in [0.1, 0.15) is 24.1 Å². The van der Waals surface area contributed by atoms with E-state index in [4.69, 9.17) is 16.9 Å². The quantitative estimate of drug-likeness (QED) is 0.842. The van der Waals surface area contributed by atoms with E-state index in [0.29, 0.717) is 10.6 Å². The first kappa shape index (κ1) is 13.9. The summed E-state index contributed by atoms with van der Waals surface area (Å²) < 4.78 is 1.05. The van der Waals surface area contributed by atoms with Gasteiger partial charge in [-0.15, -0.1) is 0 Å². The summed E-state index contributed by atoms with van der Waals surface area (Å²) in [6.45, 7) is 2.07. The first-order valence-corrected chi connectivity index (χ1v) is 6.99. The van der Waals surface area contributed by atoms with Gasteiger partial charge in [-0.05, 0) is 42.8 Å². The maximum Gasteiger partial charge on any atom is 0.101 e. The summed E-state index contributed by atoms with van der Waals surface area (Å²) in [5, 5.41) is 12.8. The van der Waals surface area contributed by atoms with Gasteiger partial charge >= 0.3 is 0 Å². The molecule has 0 aliphatic heterocycles. The van der Waals surface area contributed by atoms with Crippen LogP contribution in [0.2, 0.25) is 5.02 Å². The third-order valence-corrected chi connectivity index (χ3v) is 3.64. The maximum atomic E-state index is 8.96. The van der Waals surface area contributed by atoms with E-state index in [1.54, 1.807) is 12.1 Å². The molecule has 1 atom stereocenters. The van der Waals surface area contributed by atoms with Gasteiger partial charge in [0.05, 0.1) is 10.6 Å². The van der Waals surface area contributed by atoms with E-state index >= 15 is 0 Å². The summed E-state index contributed by atoms with van der Waals surface area (Å²) in [5.41, 5.74) is 2.53. The number of nitrogens with one attached hydrogen (secondary N) is 1. The maximum absolute atomic E-state index is 8.96. The molecule has 0 heterocycles. The highest BCUT2D eigenvalue weighted by Crippen LogP contribution is 2.25. The molecule has 0 aromatic heterocycles. The Hall–Kier alpha value is -1.50. The fourth-order valence-electron chi connectivity index (χ4n) is 1.81. The Balaban J connectivity index is 2.20. The van der Waals surface area contributed by atoms with Gasteiger partial charge in [-0.2, -0.15) is 5.26 Å². The smallest absolute Gasteiger partial charge is 0.101 e. The van der Waals surface area contributed by atoms with E-state index in [1.165, 1.54) is 5.56 Å². The van der Waals surface area contributed by atoms with Crippen LogP contribution in [-0.4, -0.2) is 0 Å². The second-order valence-corrected chi connectivity index (χ2v) is 5.55. The molecule has 0 radical (unpaired) electrons. The molecule has 4 heteroatoms. The van der Waals surface area contributed by atoms with Crippen LogP contribution in [0.5, 0.6) is 0 Å². The predicted octanol–water partition coefficient (Wildman–Crippen LogP) is 5.15. The zero-order chi connectivity index (χ0) is 13.8. The van der Waals surface area contributed by atoms with Crippen molar-refractivity contribution in [3.05, 3.63) is 63.1 Å². The van der Waals surface area contributed by atoms with Crippen LogP contribution in [0.15, 0.2) is 46.9 Å². The average molecular weight is 336 g/mol. The molecule has 0 saturated carbocycles. The SMILES string of the molecule is CC(Nc1ccc(Cl)c(C#N)c1)c1cccc(Br)c1. The molecule has 2 rings (SSSR count). The van der Waals surface area contributed by atoms with Crippen LogP contribution in [-0.2, 0) is 0 Å². The molecule has 1 unspecified atom stereocenters. The second kappa shape index (κ2) is 6.10. The third kappa shape index (κ3) is 3.50. The van der Waals surface area contributed by atoms with Crippen LogP contribution >= 0.6 is 27.5 Å². The molecule has 0 fully saturated rings. The van der Waals surface area contributed by atoms with E-state index in [9.17, 15) is 0 Å². The van der Waals surface area contributed by atoms with Gasteiger partial charge in [0, 0.05) is 16.2 Å². The lowest BCUT2D eigenvalue weighted by Gasteiger charge is -2.16. The molecule has 2 aromatic rings. The Morgan fingerprint density at radius 3 is 2.74 bits per heavy atom. The molecular weight excluding hydrogens is 324 g/mol. The molecule has 0 saturated heterocycles. The minimum atomic E-state index is 0.144. The van der Waals surface area contributed by atoms with Crippen LogP contribution < -0.4 is 5.32 Å². The highest BCUT2D eigenvalue weighted by Gasteiger charge is 2.07. The van der Waals surface area contributed by atoms with Gasteiger partial charge < -0.3 is 5.32 Å². The first-order chi connectivity index (χ1) is 9.10. The largest absolute Gasteiger partial charge is 0.378 e. The van der Waals surface area contributed by atoms with Crippen LogP contribution in [0.25, 0.3) is 0 Å². The van der Waals surface area contributed by atoms with Gasteiger partial charge in [-0.3, -0.25) is 0 Å². The Morgan fingerprint density at radius 2 is 2.05 bits per heavy atom. The fourth-order valence-corrected chi connectivity index (χ4v) is 2.39. The van der Waals surface area contributed by atoms with Crippen molar-refractivity contribution < 1.29 is 0 Å². The van der Waals surface area contributed by atoms with Crippen molar-refractivity contribution in [1.29, 1.82) is 5.26 Å². The predicted molar refractivity (Wildman–Crippen MR) is 82.3 cm³/mol. The highest BCUT2D eigenvalue weighted by atomic mass is 79.9. The van der Waals surface area contributed by atoms with E-state index in [-0.39, 0.29) is 6.04 Å². The van der Waals surface area contributed by atoms with Crippen LogP contribution in [0.4, 0.5) is 5.69 Å². The molecule has 0 aliphatic carbocycles. The van der Waals surface area contributed by atoms with E-state index < -0.39 is 0 Å². The normalized spacial score (nSPS) is 11.7. The number of nitriles is 1. The van der Waals surface area contributed by atoms with Gasteiger partial charge in [-0.25, -0.2) is 0 Å². The lowest BCUT2D eigenvalue weighted by Crippen LogP contribution is -2.06. The lowest BCUT2D eigenvalue weighted by molar-refractivity contribution is 0.884. The zero-order valence-electron chi connectivity index (χ0n) is 10.3. The van der Waals surface area contributed by atoms with E-state index in [1.807, 2.05) is 18.2 Å². The summed E-state index contributed by atoms with van der Waals surface area (Å²) in [4.78, 5) is 0. The lowest BCUT2D eigenvalue weighted by atomic mass is 10.1. The first-order valence-electron chi connectivity index (χ1n) is 5.82. The molecule has 0 amide bonds. The Morgan fingerprint density at radius 1 is 1.26 bits per heavy atom. The summed E-state index contributed by atoms with van der Waals surface area (Å²) in [7, 11) is 0. The standard InChI is InChI=1S/C15H12BrClN2/c1-10(11-3-2-4-13(16)7-11)19-14-5-6-15(17)12(8-14)9-18/h2-8,10,19H,1H3. The topological polar surface area (TPSA) is 35.8 Å². The zero-order valence-corrected chi connectivity index (χ0v) is 12.7. The number of benzene rings is 2. The number of hydrogen-bond donors (Lipinski definition) is 1. The minimum absolute atomic E-state index is 0.144. The number of nitrogens with zero attached hydrogens (tertiary/aromatic N) is 1.